The van der Waals surface area contributed by atoms with Crippen LogP contribution in [0.1, 0.15) is 54.0 Å². The fourth-order valence-electron chi connectivity index (χ4n) is 7.14. The summed E-state index contributed by atoms with van der Waals surface area (Å²) in [7, 11) is -2.87. The smallest absolute Gasteiger partial charge is 0.319 e. The number of benzene rings is 4. The predicted octanol–water partition coefficient (Wildman–Crippen LogP) is 6.53. The number of amides is 2. The number of hydrogen-bond donors (Lipinski definition) is 0. The first kappa shape index (κ1) is 34.6. The Labute approximate surface area is 308 Å². The van der Waals surface area contributed by atoms with E-state index in [1.165, 1.54) is 10.4 Å². The predicted molar refractivity (Wildman–Crippen MR) is 203 cm³/mol. The lowest BCUT2D eigenvalue weighted by atomic mass is 10.1. The standard InChI is InChI=1S/C40H38ClN5O3SSi/c1-40(2,3)51(32-10-6-4-7-11-32,33-12-8-5-9-13-33)49-31-18-19-34(41)30(22-31)25-44-20-21-45(26-37(44)47)38(48)35-24-43-39-46(35)36(27-50-39)29-16-14-28(23-42)15-17-29/h4-19,22,24,36H,20-21,25-27H2,1-3H3. The van der Waals surface area contributed by atoms with Crippen molar-refractivity contribution in [1.82, 2.24) is 19.4 Å². The van der Waals surface area contributed by atoms with Gasteiger partial charge < -0.3 is 18.8 Å². The lowest BCUT2D eigenvalue weighted by Gasteiger charge is -2.43. The molecule has 1 fully saturated rings. The molecule has 1 saturated heterocycles. The first-order valence-corrected chi connectivity index (χ1v) is 20.2. The van der Waals surface area contributed by atoms with Crippen molar-refractivity contribution in [2.24, 2.45) is 0 Å². The van der Waals surface area contributed by atoms with Gasteiger partial charge in [0.05, 0.1) is 23.9 Å². The summed E-state index contributed by atoms with van der Waals surface area (Å²) < 4.78 is 9.19. The Balaban J connectivity index is 1.09. The van der Waals surface area contributed by atoms with Crippen LogP contribution in [0.5, 0.6) is 5.75 Å². The molecule has 0 radical (unpaired) electrons. The van der Waals surface area contributed by atoms with E-state index in [0.717, 1.165) is 22.0 Å². The van der Waals surface area contributed by atoms with E-state index in [1.807, 2.05) is 47.0 Å². The molecule has 0 bridgehead atoms. The van der Waals surface area contributed by atoms with Gasteiger partial charge in [-0.15, -0.1) is 0 Å². The molecule has 2 aliphatic heterocycles. The van der Waals surface area contributed by atoms with Crippen molar-refractivity contribution in [2.75, 3.05) is 25.4 Å². The number of piperazine rings is 1. The van der Waals surface area contributed by atoms with Crippen LogP contribution < -0.4 is 14.8 Å². The van der Waals surface area contributed by atoms with Gasteiger partial charge in [0.1, 0.15) is 18.0 Å². The second kappa shape index (κ2) is 14.1. The largest absolute Gasteiger partial charge is 0.534 e. The van der Waals surface area contributed by atoms with Gasteiger partial charge in [-0.05, 0) is 56.9 Å². The molecule has 0 spiro atoms. The van der Waals surface area contributed by atoms with Crippen LogP contribution in [0.25, 0.3) is 0 Å². The molecule has 7 rings (SSSR count). The lowest BCUT2D eigenvalue weighted by Crippen LogP contribution is -2.68. The number of nitrogens with zero attached hydrogens (tertiary/aromatic N) is 5. The van der Waals surface area contributed by atoms with Crippen molar-refractivity contribution >= 4 is 53.9 Å². The summed E-state index contributed by atoms with van der Waals surface area (Å²) in [5.41, 5.74) is 2.84. The van der Waals surface area contributed by atoms with Crippen molar-refractivity contribution in [1.29, 1.82) is 5.26 Å². The van der Waals surface area contributed by atoms with Crippen molar-refractivity contribution in [3.8, 4) is 11.8 Å². The van der Waals surface area contributed by atoms with E-state index in [1.54, 1.807) is 39.9 Å². The zero-order chi connectivity index (χ0) is 35.8. The van der Waals surface area contributed by atoms with Gasteiger partial charge in [0, 0.05) is 30.4 Å². The zero-order valence-electron chi connectivity index (χ0n) is 28.8. The van der Waals surface area contributed by atoms with Crippen LogP contribution in [-0.4, -0.2) is 64.9 Å². The number of aromatic nitrogens is 2. The Morgan fingerprint density at radius 2 is 1.65 bits per heavy atom. The number of rotatable bonds is 8. The highest BCUT2D eigenvalue weighted by Gasteiger charge is 2.52. The van der Waals surface area contributed by atoms with Gasteiger partial charge in [0.2, 0.25) is 5.91 Å². The van der Waals surface area contributed by atoms with E-state index < -0.39 is 8.32 Å². The minimum absolute atomic E-state index is 0.0378. The Hall–Kier alpha value is -4.82. The number of halogens is 1. The molecule has 0 N–H and O–H groups in total. The van der Waals surface area contributed by atoms with E-state index in [9.17, 15) is 14.9 Å². The van der Waals surface area contributed by atoms with Gasteiger partial charge in [-0.25, -0.2) is 4.98 Å². The first-order chi connectivity index (χ1) is 24.6. The number of carbonyl (C=O) groups excluding carboxylic acids is 2. The molecule has 4 aromatic carbocycles. The third kappa shape index (κ3) is 6.58. The SMILES string of the molecule is CC(C)(C)[Si](Oc1ccc(Cl)c(CN2CCN(C(=O)c3cnc4n3C(c3ccc(C#N)cc3)CS4)CC2=O)c1)(c1ccccc1)c1ccccc1. The molecule has 258 valence electrons. The average Bonchev–Trinajstić information content (AvgIpc) is 3.76. The number of thioether (sulfide) groups is 1. The minimum atomic E-state index is -2.87. The lowest BCUT2D eigenvalue weighted by molar-refractivity contribution is -0.135. The molecule has 1 atom stereocenters. The Morgan fingerprint density at radius 3 is 2.25 bits per heavy atom. The number of imidazole rings is 1. The molecule has 2 amide bonds. The Morgan fingerprint density at radius 1 is 0.980 bits per heavy atom. The maximum Gasteiger partial charge on any atom is 0.319 e. The van der Waals surface area contributed by atoms with Crippen LogP contribution in [0.2, 0.25) is 10.1 Å². The van der Waals surface area contributed by atoms with Gasteiger partial charge in [-0.2, -0.15) is 5.26 Å². The quantitative estimate of drug-likeness (QED) is 0.169. The van der Waals surface area contributed by atoms with E-state index in [4.69, 9.17) is 16.0 Å². The summed E-state index contributed by atoms with van der Waals surface area (Å²) in [5, 5.41) is 12.7. The van der Waals surface area contributed by atoms with Crippen LogP contribution in [0.15, 0.2) is 114 Å². The maximum atomic E-state index is 13.9. The van der Waals surface area contributed by atoms with Crippen molar-refractivity contribution in [3.05, 3.63) is 137 Å². The Bertz CT molecular complexity index is 2070. The van der Waals surface area contributed by atoms with Gasteiger partial charge in [-0.1, -0.05) is 117 Å². The summed E-state index contributed by atoms with van der Waals surface area (Å²) in [6.45, 7) is 7.73. The number of hydrogen-bond acceptors (Lipinski definition) is 6. The molecule has 8 nitrogen and oxygen atoms in total. The highest BCUT2D eigenvalue weighted by Crippen LogP contribution is 2.40. The summed E-state index contributed by atoms with van der Waals surface area (Å²) in [6.07, 6.45) is 1.61. The van der Waals surface area contributed by atoms with Gasteiger partial charge in [-0.3, -0.25) is 9.59 Å². The van der Waals surface area contributed by atoms with Gasteiger partial charge in [0.25, 0.3) is 5.91 Å². The van der Waals surface area contributed by atoms with Crippen LogP contribution in [-0.2, 0) is 11.3 Å². The Kier molecular flexibility index (Phi) is 9.55. The van der Waals surface area contributed by atoms with E-state index >= 15 is 0 Å². The first-order valence-electron chi connectivity index (χ1n) is 16.9. The van der Waals surface area contributed by atoms with Crippen LogP contribution in [0, 0.1) is 11.3 Å². The summed E-state index contributed by atoms with van der Waals surface area (Å²) in [6, 6.07) is 36.1. The highest BCUT2D eigenvalue weighted by molar-refractivity contribution is 7.99. The van der Waals surface area contributed by atoms with Crippen molar-refractivity contribution in [2.45, 2.75) is 43.6 Å². The number of nitriles is 1. The monoisotopic (exact) mass is 731 g/mol. The molecule has 3 heterocycles. The molecule has 51 heavy (non-hydrogen) atoms. The van der Waals surface area contributed by atoms with Gasteiger partial charge in [0.15, 0.2) is 5.16 Å². The molecule has 0 aliphatic carbocycles. The minimum Gasteiger partial charge on any atom is -0.534 e. The third-order valence-corrected chi connectivity index (χ3v) is 16.1. The molecule has 1 unspecified atom stereocenters. The third-order valence-electron chi connectivity index (χ3n) is 9.76. The molecule has 2 aliphatic rings. The second-order valence-electron chi connectivity index (χ2n) is 13.9. The average molecular weight is 732 g/mol. The fraction of sp³-hybridized carbons (Fsp3) is 0.250. The van der Waals surface area contributed by atoms with E-state index in [-0.39, 0.29) is 29.4 Å². The van der Waals surface area contributed by atoms with Crippen molar-refractivity contribution in [3.63, 3.8) is 0 Å². The van der Waals surface area contributed by atoms with E-state index in [2.05, 4.69) is 80.4 Å². The van der Waals surface area contributed by atoms with Crippen LogP contribution in [0.4, 0.5) is 0 Å². The zero-order valence-corrected chi connectivity index (χ0v) is 31.3. The molecule has 0 saturated carbocycles. The second-order valence-corrected chi connectivity index (χ2v) is 19.5. The molecule has 11 heteroatoms. The molecular weight excluding hydrogens is 694 g/mol. The van der Waals surface area contributed by atoms with Crippen molar-refractivity contribution < 1.29 is 14.0 Å². The molecular formula is C40H38ClN5O3SSi. The van der Waals surface area contributed by atoms with Gasteiger partial charge >= 0.3 is 8.32 Å². The molecule has 5 aromatic rings. The van der Waals surface area contributed by atoms with Crippen LogP contribution >= 0.6 is 23.4 Å². The normalized spacial score (nSPS) is 16.1. The summed E-state index contributed by atoms with van der Waals surface area (Å²) in [4.78, 5) is 35.3. The number of fused-ring (bicyclic) bond motifs is 1. The molecule has 1 aromatic heterocycles. The van der Waals surface area contributed by atoms with Crippen LogP contribution in [0.3, 0.4) is 0 Å². The summed E-state index contributed by atoms with van der Waals surface area (Å²) in [5.74, 6) is 1.07. The van der Waals surface area contributed by atoms with E-state index in [0.29, 0.717) is 41.7 Å². The highest BCUT2D eigenvalue weighted by atomic mass is 35.5. The summed E-state index contributed by atoms with van der Waals surface area (Å²) >= 11 is 8.36. The fourth-order valence-corrected chi connectivity index (χ4v) is 12.9. The maximum absolute atomic E-state index is 13.9. The topological polar surface area (TPSA) is 91.5 Å². The number of carbonyl (C=O) groups is 2.